The Morgan fingerprint density at radius 2 is 2.04 bits per heavy atom. The molecule has 7 heteroatoms. The fourth-order valence-corrected chi connectivity index (χ4v) is 2.32. The topological polar surface area (TPSA) is 78.7 Å². The van der Waals surface area contributed by atoms with Crippen LogP contribution in [0.2, 0.25) is 5.02 Å². The summed E-state index contributed by atoms with van der Waals surface area (Å²) in [4.78, 5) is 22.5. The third-order valence-corrected chi connectivity index (χ3v) is 3.72. The number of nitrogens with zero attached hydrogens (tertiary/aromatic N) is 1. The molecule has 26 heavy (non-hydrogen) atoms. The van der Waals surface area contributed by atoms with E-state index < -0.39 is 4.92 Å². The maximum absolute atomic E-state index is 12.2. The van der Waals surface area contributed by atoms with E-state index in [-0.39, 0.29) is 22.1 Å². The Labute approximate surface area is 155 Å². The molecule has 2 aromatic carbocycles. The lowest BCUT2D eigenvalue weighted by atomic mass is 10.1. The highest BCUT2D eigenvalue weighted by atomic mass is 35.5. The second kappa shape index (κ2) is 8.82. The van der Waals surface area contributed by atoms with E-state index >= 15 is 0 Å². The minimum atomic E-state index is -0.629. The molecule has 0 unspecified atom stereocenters. The van der Waals surface area contributed by atoms with Gasteiger partial charge in [0.15, 0.2) is 17.3 Å². The normalized spacial score (nSPS) is 10.5. The van der Waals surface area contributed by atoms with Gasteiger partial charge in [0.25, 0.3) is 5.69 Å². The summed E-state index contributed by atoms with van der Waals surface area (Å²) in [7, 11) is 1.52. The molecule has 0 heterocycles. The number of halogens is 1. The van der Waals surface area contributed by atoms with E-state index in [2.05, 4.69) is 6.58 Å². The number of allylic oxidation sites excluding steroid dienone is 1. The van der Waals surface area contributed by atoms with Crippen molar-refractivity contribution in [2.75, 3.05) is 13.7 Å². The van der Waals surface area contributed by atoms with Gasteiger partial charge >= 0.3 is 0 Å². The SMILES string of the molecule is C=CCOc1ccc(/C=C/C(=O)c2ccc(Cl)c([N+](=O)[O-])c2)cc1OC. The van der Waals surface area contributed by atoms with Crippen LogP contribution in [0.5, 0.6) is 11.5 Å². The van der Waals surface area contributed by atoms with Crippen molar-refractivity contribution in [3.8, 4) is 11.5 Å². The first-order valence-electron chi connectivity index (χ1n) is 7.54. The number of ketones is 1. The fraction of sp³-hybridized carbons (Fsp3) is 0.105. The molecule has 0 spiro atoms. The van der Waals surface area contributed by atoms with Gasteiger partial charge in [0.2, 0.25) is 0 Å². The molecule has 0 aromatic heterocycles. The summed E-state index contributed by atoms with van der Waals surface area (Å²) < 4.78 is 10.7. The van der Waals surface area contributed by atoms with E-state index in [1.807, 2.05) is 0 Å². The number of benzene rings is 2. The van der Waals surface area contributed by atoms with Crippen LogP contribution in [0.1, 0.15) is 15.9 Å². The van der Waals surface area contributed by atoms with E-state index in [0.717, 1.165) is 6.07 Å². The van der Waals surface area contributed by atoms with Gasteiger partial charge in [0.05, 0.1) is 12.0 Å². The monoisotopic (exact) mass is 373 g/mol. The molecule has 6 nitrogen and oxygen atoms in total. The lowest BCUT2D eigenvalue weighted by Gasteiger charge is -2.09. The summed E-state index contributed by atoms with van der Waals surface area (Å²) in [6.45, 7) is 3.93. The second-order valence-electron chi connectivity index (χ2n) is 5.13. The highest BCUT2D eigenvalue weighted by Crippen LogP contribution is 2.29. The molecule has 0 aliphatic carbocycles. The molecular weight excluding hydrogens is 358 g/mol. The standard InChI is InChI=1S/C19H16ClNO5/c1-3-10-26-18-9-5-13(11-19(18)25-2)4-8-17(22)14-6-7-15(20)16(12-14)21(23)24/h3-9,11-12H,1,10H2,2H3/b8-4+. The summed E-state index contributed by atoms with van der Waals surface area (Å²) in [5.74, 6) is 0.698. The molecule has 0 aliphatic heterocycles. The molecule has 0 aliphatic rings. The maximum atomic E-state index is 12.2. The average molecular weight is 374 g/mol. The predicted molar refractivity (Wildman–Crippen MR) is 100 cm³/mol. The lowest BCUT2D eigenvalue weighted by Crippen LogP contribution is -1.98. The molecule has 2 aromatic rings. The largest absolute Gasteiger partial charge is 0.493 e. The first kappa shape index (κ1) is 19.2. The van der Waals surface area contributed by atoms with Crippen LogP contribution in [0.25, 0.3) is 6.08 Å². The van der Waals surface area contributed by atoms with Crippen LogP contribution in [0.15, 0.2) is 55.1 Å². The Kier molecular flexibility index (Phi) is 6.52. The van der Waals surface area contributed by atoms with Gasteiger partial charge in [-0.05, 0) is 35.9 Å². The van der Waals surface area contributed by atoms with Crippen LogP contribution in [-0.2, 0) is 0 Å². The van der Waals surface area contributed by atoms with E-state index in [4.69, 9.17) is 21.1 Å². The van der Waals surface area contributed by atoms with Crippen molar-refractivity contribution in [2.24, 2.45) is 0 Å². The Hall–Kier alpha value is -3.12. The van der Waals surface area contributed by atoms with Gasteiger partial charge in [0, 0.05) is 11.6 Å². The smallest absolute Gasteiger partial charge is 0.288 e. The van der Waals surface area contributed by atoms with Crippen molar-refractivity contribution >= 4 is 29.1 Å². The number of hydrogen-bond acceptors (Lipinski definition) is 5. The third kappa shape index (κ3) is 4.70. The highest BCUT2D eigenvalue weighted by Gasteiger charge is 2.15. The summed E-state index contributed by atoms with van der Waals surface area (Å²) in [5.41, 5.74) is 0.580. The Bertz CT molecular complexity index is 876. The van der Waals surface area contributed by atoms with Crippen LogP contribution in [-0.4, -0.2) is 24.4 Å². The summed E-state index contributed by atoms with van der Waals surface area (Å²) >= 11 is 5.75. The van der Waals surface area contributed by atoms with E-state index in [1.165, 1.54) is 25.3 Å². The summed E-state index contributed by atoms with van der Waals surface area (Å²) in [5, 5.41) is 10.9. The average Bonchev–Trinajstić information content (AvgIpc) is 2.64. The van der Waals surface area contributed by atoms with E-state index in [0.29, 0.717) is 23.7 Å². The number of methoxy groups -OCH3 is 1. The molecular formula is C19H16ClNO5. The Balaban J connectivity index is 2.21. The van der Waals surface area contributed by atoms with Crippen molar-refractivity contribution in [2.45, 2.75) is 0 Å². The van der Waals surface area contributed by atoms with Crippen molar-refractivity contribution < 1.29 is 19.2 Å². The second-order valence-corrected chi connectivity index (χ2v) is 5.54. The van der Waals surface area contributed by atoms with Gasteiger partial charge in [-0.3, -0.25) is 14.9 Å². The minimum absolute atomic E-state index is 0.0182. The quantitative estimate of drug-likeness (QED) is 0.220. The molecule has 2 rings (SSSR count). The number of nitro benzene ring substituents is 1. The van der Waals surface area contributed by atoms with Crippen LogP contribution >= 0.6 is 11.6 Å². The first-order valence-corrected chi connectivity index (χ1v) is 7.92. The number of hydrogen-bond donors (Lipinski definition) is 0. The predicted octanol–water partition coefficient (Wildman–Crippen LogP) is 4.72. The fourth-order valence-electron chi connectivity index (χ4n) is 2.13. The van der Waals surface area contributed by atoms with Gasteiger partial charge in [-0.1, -0.05) is 36.4 Å². The van der Waals surface area contributed by atoms with E-state index in [1.54, 1.807) is 30.4 Å². The zero-order valence-electron chi connectivity index (χ0n) is 14.0. The lowest BCUT2D eigenvalue weighted by molar-refractivity contribution is -0.384. The number of ether oxygens (including phenoxy) is 2. The van der Waals surface area contributed by atoms with Gasteiger partial charge < -0.3 is 9.47 Å². The van der Waals surface area contributed by atoms with Gasteiger partial charge in [0.1, 0.15) is 11.6 Å². The molecule has 0 fully saturated rings. The van der Waals surface area contributed by atoms with Crippen molar-refractivity contribution in [3.63, 3.8) is 0 Å². The summed E-state index contributed by atoms with van der Waals surface area (Å²) in [6, 6.07) is 9.12. The third-order valence-electron chi connectivity index (χ3n) is 3.40. The zero-order chi connectivity index (χ0) is 19.1. The molecule has 134 valence electrons. The molecule has 0 saturated heterocycles. The molecule has 0 amide bonds. The van der Waals surface area contributed by atoms with Crippen molar-refractivity contribution in [1.29, 1.82) is 0 Å². The molecule has 0 saturated carbocycles. The van der Waals surface area contributed by atoms with E-state index in [9.17, 15) is 14.9 Å². The van der Waals surface area contributed by atoms with Gasteiger partial charge in [-0.15, -0.1) is 0 Å². The van der Waals surface area contributed by atoms with Crippen LogP contribution in [0.3, 0.4) is 0 Å². The summed E-state index contributed by atoms with van der Waals surface area (Å²) in [6.07, 6.45) is 4.53. The van der Waals surface area contributed by atoms with Crippen LogP contribution in [0, 0.1) is 10.1 Å². The number of carbonyl (C=O) groups is 1. The number of nitro groups is 1. The molecule has 0 radical (unpaired) electrons. The molecule has 0 atom stereocenters. The van der Waals surface area contributed by atoms with Gasteiger partial charge in [-0.2, -0.15) is 0 Å². The Morgan fingerprint density at radius 1 is 1.27 bits per heavy atom. The van der Waals surface area contributed by atoms with Crippen LogP contribution in [0.4, 0.5) is 5.69 Å². The minimum Gasteiger partial charge on any atom is -0.493 e. The number of carbonyl (C=O) groups excluding carboxylic acids is 1. The number of rotatable bonds is 8. The van der Waals surface area contributed by atoms with Crippen LogP contribution < -0.4 is 9.47 Å². The first-order chi connectivity index (χ1) is 12.5. The molecule has 0 bridgehead atoms. The maximum Gasteiger partial charge on any atom is 0.288 e. The van der Waals surface area contributed by atoms with Crippen molar-refractivity contribution in [1.82, 2.24) is 0 Å². The highest BCUT2D eigenvalue weighted by molar-refractivity contribution is 6.32. The van der Waals surface area contributed by atoms with Crippen molar-refractivity contribution in [3.05, 3.63) is 81.4 Å². The Morgan fingerprint density at radius 3 is 2.69 bits per heavy atom. The molecule has 0 N–H and O–H groups in total. The van der Waals surface area contributed by atoms with Gasteiger partial charge in [-0.25, -0.2) is 0 Å². The zero-order valence-corrected chi connectivity index (χ0v) is 14.7.